The van der Waals surface area contributed by atoms with Crippen LogP contribution in [-0.2, 0) is 11.2 Å². The molecule has 0 fully saturated rings. The maximum atomic E-state index is 10.7. The number of carbonyl (C=O) groups excluding carboxylic acids is 1. The third-order valence-corrected chi connectivity index (χ3v) is 2.79. The molecule has 0 unspecified atom stereocenters. The summed E-state index contributed by atoms with van der Waals surface area (Å²) >= 11 is 0. The van der Waals surface area contributed by atoms with Crippen LogP contribution in [0.25, 0.3) is 10.8 Å². The number of benzene rings is 2. The monoisotopic (exact) mass is 212 g/mol. The van der Waals surface area contributed by atoms with Gasteiger partial charge in [-0.25, -0.2) is 0 Å². The molecule has 0 spiro atoms. The molecule has 0 saturated heterocycles. The third kappa shape index (κ3) is 2.12. The summed E-state index contributed by atoms with van der Waals surface area (Å²) in [6, 6.07) is 14.1. The van der Waals surface area contributed by atoms with Crippen LogP contribution in [-0.4, -0.2) is 19.4 Å². The van der Waals surface area contributed by atoms with E-state index < -0.39 is 0 Å². The van der Waals surface area contributed by atoms with Crippen LogP contribution >= 0.6 is 0 Å². The molecule has 81 valence electrons. The molecule has 0 amide bonds. The van der Waals surface area contributed by atoms with Crippen LogP contribution < -0.4 is 5.32 Å². The standard InChI is InChI=1S/C14H14NO/c1-15-13(10-16)9-12-7-4-6-11-5-2-3-8-14(11)12/h2-8,13,15H,9H2,1H3/t13-/m1/s1. The van der Waals surface area contributed by atoms with Crippen LogP contribution in [0.5, 0.6) is 0 Å². The fourth-order valence-corrected chi connectivity index (χ4v) is 1.89. The van der Waals surface area contributed by atoms with E-state index in [1.54, 1.807) is 7.05 Å². The molecule has 1 atom stereocenters. The van der Waals surface area contributed by atoms with Crippen LogP contribution in [0.2, 0.25) is 0 Å². The summed E-state index contributed by atoms with van der Waals surface area (Å²) in [5.74, 6) is 0. The van der Waals surface area contributed by atoms with Gasteiger partial charge in [-0.2, -0.15) is 0 Å². The van der Waals surface area contributed by atoms with Gasteiger partial charge in [0.1, 0.15) is 0 Å². The highest BCUT2D eigenvalue weighted by Gasteiger charge is 2.08. The summed E-state index contributed by atoms with van der Waals surface area (Å²) in [6.45, 7) is 0. The van der Waals surface area contributed by atoms with Gasteiger partial charge in [0, 0.05) is 0 Å². The topological polar surface area (TPSA) is 29.1 Å². The van der Waals surface area contributed by atoms with Crippen molar-refractivity contribution in [2.24, 2.45) is 0 Å². The Morgan fingerprint density at radius 1 is 1.19 bits per heavy atom. The second kappa shape index (κ2) is 4.90. The van der Waals surface area contributed by atoms with E-state index in [9.17, 15) is 4.79 Å². The molecule has 0 heterocycles. The molecule has 2 nitrogen and oxygen atoms in total. The van der Waals surface area contributed by atoms with Crippen LogP contribution in [0.15, 0.2) is 42.5 Å². The summed E-state index contributed by atoms with van der Waals surface area (Å²) in [5, 5.41) is 5.36. The van der Waals surface area contributed by atoms with E-state index in [1.165, 1.54) is 16.3 Å². The van der Waals surface area contributed by atoms with E-state index in [2.05, 4.69) is 29.6 Å². The average Bonchev–Trinajstić information content (AvgIpc) is 2.36. The SMILES string of the molecule is CN[C@@H]([C]=O)Cc1cccc2ccccc12. The van der Waals surface area contributed by atoms with E-state index in [0.717, 1.165) is 0 Å². The van der Waals surface area contributed by atoms with E-state index in [0.29, 0.717) is 6.42 Å². The van der Waals surface area contributed by atoms with Crippen LogP contribution in [0, 0.1) is 0 Å². The highest BCUT2D eigenvalue weighted by molar-refractivity contribution is 5.86. The van der Waals surface area contributed by atoms with E-state index in [4.69, 9.17) is 0 Å². The Hall–Kier alpha value is -1.67. The van der Waals surface area contributed by atoms with Crippen LogP contribution in [0.1, 0.15) is 5.56 Å². The second-order valence-electron chi connectivity index (χ2n) is 3.80. The minimum Gasteiger partial charge on any atom is -0.310 e. The lowest BCUT2D eigenvalue weighted by Gasteiger charge is -2.10. The van der Waals surface area contributed by atoms with Gasteiger partial charge >= 0.3 is 0 Å². The molecule has 1 N–H and O–H groups in total. The Balaban J connectivity index is 2.40. The predicted octanol–water partition coefficient (Wildman–Crippen LogP) is 2.08. The molecule has 0 aliphatic rings. The summed E-state index contributed by atoms with van der Waals surface area (Å²) in [6.07, 6.45) is 2.69. The number of fused-ring (bicyclic) bond motifs is 1. The minimum absolute atomic E-state index is 0.231. The van der Waals surface area contributed by atoms with Gasteiger partial charge in [-0.05, 0) is 29.8 Å². The molecule has 0 saturated carbocycles. The molecule has 0 aromatic heterocycles. The molecule has 2 heteroatoms. The maximum absolute atomic E-state index is 10.7. The molecule has 1 radical (unpaired) electrons. The summed E-state index contributed by atoms with van der Waals surface area (Å²) in [5.41, 5.74) is 1.18. The second-order valence-corrected chi connectivity index (χ2v) is 3.80. The molecule has 2 rings (SSSR count). The van der Waals surface area contributed by atoms with Crippen molar-refractivity contribution in [1.29, 1.82) is 0 Å². The Morgan fingerprint density at radius 2 is 1.94 bits per heavy atom. The Bertz CT molecular complexity index is 488. The Labute approximate surface area is 95.3 Å². The van der Waals surface area contributed by atoms with Crippen LogP contribution in [0.4, 0.5) is 0 Å². The zero-order valence-corrected chi connectivity index (χ0v) is 9.23. The molecular weight excluding hydrogens is 198 g/mol. The molecule has 0 bridgehead atoms. The lowest BCUT2D eigenvalue weighted by atomic mass is 9.99. The zero-order chi connectivity index (χ0) is 11.4. The highest BCUT2D eigenvalue weighted by atomic mass is 16.1. The van der Waals surface area contributed by atoms with Crippen molar-refractivity contribution in [2.45, 2.75) is 12.5 Å². The Morgan fingerprint density at radius 3 is 2.69 bits per heavy atom. The van der Waals surface area contributed by atoms with Crippen LogP contribution in [0.3, 0.4) is 0 Å². The Kier molecular flexibility index (Phi) is 3.32. The number of rotatable bonds is 4. The van der Waals surface area contributed by atoms with Gasteiger partial charge in [-0.15, -0.1) is 0 Å². The van der Waals surface area contributed by atoms with E-state index in [1.807, 2.05) is 24.5 Å². The summed E-state index contributed by atoms with van der Waals surface area (Å²) in [4.78, 5) is 10.7. The van der Waals surface area contributed by atoms with Crippen molar-refractivity contribution in [3.05, 3.63) is 48.0 Å². The normalized spacial score (nSPS) is 12.6. The number of hydrogen-bond acceptors (Lipinski definition) is 2. The highest BCUT2D eigenvalue weighted by Crippen LogP contribution is 2.19. The third-order valence-electron chi connectivity index (χ3n) is 2.79. The zero-order valence-electron chi connectivity index (χ0n) is 9.23. The predicted molar refractivity (Wildman–Crippen MR) is 66.2 cm³/mol. The van der Waals surface area contributed by atoms with Crippen molar-refractivity contribution in [1.82, 2.24) is 5.32 Å². The first-order valence-corrected chi connectivity index (χ1v) is 5.36. The van der Waals surface area contributed by atoms with Gasteiger partial charge in [0.2, 0.25) is 6.29 Å². The first kappa shape index (κ1) is 10.8. The van der Waals surface area contributed by atoms with Crippen molar-refractivity contribution in [2.75, 3.05) is 7.05 Å². The summed E-state index contributed by atoms with van der Waals surface area (Å²) in [7, 11) is 1.78. The number of nitrogens with one attached hydrogen (secondary N) is 1. The maximum Gasteiger partial charge on any atom is 0.217 e. The fraction of sp³-hybridized carbons (Fsp3) is 0.214. The van der Waals surface area contributed by atoms with Gasteiger partial charge < -0.3 is 5.32 Å². The van der Waals surface area contributed by atoms with Crippen molar-refractivity contribution >= 4 is 17.1 Å². The summed E-state index contributed by atoms with van der Waals surface area (Å²) < 4.78 is 0. The molecular formula is C14H14NO. The van der Waals surface area contributed by atoms with Crippen molar-refractivity contribution in [3.8, 4) is 0 Å². The van der Waals surface area contributed by atoms with Crippen molar-refractivity contribution < 1.29 is 4.79 Å². The number of likely N-dealkylation sites (N-methyl/N-ethyl adjacent to an activating group) is 1. The fourth-order valence-electron chi connectivity index (χ4n) is 1.89. The van der Waals surface area contributed by atoms with Crippen molar-refractivity contribution in [3.63, 3.8) is 0 Å². The van der Waals surface area contributed by atoms with Gasteiger partial charge in [0.05, 0.1) is 6.04 Å². The van der Waals surface area contributed by atoms with E-state index in [-0.39, 0.29) is 6.04 Å². The lowest BCUT2D eigenvalue weighted by molar-refractivity contribution is 0.526. The minimum atomic E-state index is -0.231. The first-order chi connectivity index (χ1) is 7.85. The van der Waals surface area contributed by atoms with Gasteiger partial charge in [-0.3, -0.25) is 4.79 Å². The first-order valence-electron chi connectivity index (χ1n) is 5.36. The van der Waals surface area contributed by atoms with Gasteiger partial charge in [0.25, 0.3) is 0 Å². The molecule has 2 aromatic rings. The van der Waals surface area contributed by atoms with Gasteiger partial charge in [0.15, 0.2) is 0 Å². The molecule has 2 aromatic carbocycles. The molecule has 16 heavy (non-hydrogen) atoms. The molecule has 0 aliphatic heterocycles. The average molecular weight is 212 g/mol. The number of hydrogen-bond donors (Lipinski definition) is 1. The largest absolute Gasteiger partial charge is 0.310 e. The smallest absolute Gasteiger partial charge is 0.217 e. The lowest BCUT2D eigenvalue weighted by Crippen LogP contribution is -2.28. The van der Waals surface area contributed by atoms with Gasteiger partial charge in [-0.1, -0.05) is 42.5 Å². The molecule has 0 aliphatic carbocycles. The van der Waals surface area contributed by atoms with E-state index >= 15 is 0 Å². The quantitative estimate of drug-likeness (QED) is 0.840.